The quantitative estimate of drug-likeness (QED) is 0.154. The van der Waals surface area contributed by atoms with E-state index in [0.717, 1.165) is 49.6 Å². The molecule has 0 spiro atoms. The molecule has 1 aromatic heterocycles. The molecule has 12 nitrogen and oxygen atoms in total. The van der Waals surface area contributed by atoms with Crippen LogP contribution in [0.5, 0.6) is 5.75 Å². The van der Waals surface area contributed by atoms with Crippen molar-refractivity contribution < 1.29 is 47.3 Å². The van der Waals surface area contributed by atoms with Gasteiger partial charge < -0.3 is 30.5 Å². The molecule has 5 atom stereocenters. The standard InChI is InChI=1S/C40H52F3N5O7S/c1-23(2)21-55-37(54)45-30-10-8-6-4-5-7-9-26-19-39(26,36(53)47-56-38(22-49)15-16-38)46-34(51)31-14-12-25(20-48(31)35(30)52)18-28-27-17-24(3)11-13-29(27)44-33(32(28)50)40(41,42)43/h7,9,11,13,17,23,25-26,30-31,49-50H,4-6,8,10,12,14-16,18-22H2,1-3H3,(H,45,54)(H,46,51)(H,47,53). The molecule has 2 aliphatic carbocycles. The molecule has 0 radical (unpaired) electrons. The molecule has 56 heavy (non-hydrogen) atoms. The molecule has 2 aliphatic heterocycles. The summed E-state index contributed by atoms with van der Waals surface area (Å²) in [7, 11) is 0. The number of benzene rings is 1. The first-order valence-electron chi connectivity index (χ1n) is 19.6. The Morgan fingerprint density at radius 1 is 1.14 bits per heavy atom. The van der Waals surface area contributed by atoms with Crippen LogP contribution in [-0.2, 0) is 31.7 Å². The number of ether oxygens (including phenoxy) is 1. The van der Waals surface area contributed by atoms with Crippen molar-refractivity contribution in [2.75, 3.05) is 19.8 Å². The van der Waals surface area contributed by atoms with Crippen LogP contribution in [0.2, 0.25) is 0 Å². The van der Waals surface area contributed by atoms with Crippen molar-refractivity contribution in [3.63, 3.8) is 0 Å². The summed E-state index contributed by atoms with van der Waals surface area (Å²) in [6.45, 7) is 5.51. The number of alkyl carbamates (subject to hydrolysis) is 1. The summed E-state index contributed by atoms with van der Waals surface area (Å²) in [6, 6.07) is 2.66. The second kappa shape index (κ2) is 16.8. The summed E-state index contributed by atoms with van der Waals surface area (Å²) in [6.07, 6.45) is 3.56. The van der Waals surface area contributed by atoms with E-state index in [1.807, 2.05) is 26.0 Å². The van der Waals surface area contributed by atoms with Gasteiger partial charge in [0.15, 0.2) is 5.69 Å². The van der Waals surface area contributed by atoms with E-state index < -0.39 is 69.7 Å². The van der Waals surface area contributed by atoms with Crippen LogP contribution in [0, 0.1) is 24.7 Å². The second-order valence-corrected chi connectivity index (χ2v) is 17.6. The van der Waals surface area contributed by atoms with E-state index in [1.165, 1.54) is 11.0 Å². The minimum atomic E-state index is -4.92. The molecule has 16 heteroatoms. The van der Waals surface area contributed by atoms with Gasteiger partial charge in [-0.25, -0.2) is 9.78 Å². The smallest absolute Gasteiger partial charge is 0.437 e. The number of aromatic hydroxyl groups is 1. The van der Waals surface area contributed by atoms with Gasteiger partial charge in [0.2, 0.25) is 11.8 Å². The molecule has 2 aromatic rings. The fraction of sp³-hybridized carbons (Fsp3) is 0.625. The maximum Gasteiger partial charge on any atom is 0.437 e. The number of hydrogen-bond donors (Lipinski definition) is 5. The summed E-state index contributed by atoms with van der Waals surface area (Å²) < 4.78 is 50.1. The number of amides is 4. The Hall–Kier alpha value is -4.05. The summed E-state index contributed by atoms with van der Waals surface area (Å²) in [5.74, 6) is -3.21. The van der Waals surface area contributed by atoms with Crippen LogP contribution >= 0.6 is 11.9 Å². The summed E-state index contributed by atoms with van der Waals surface area (Å²) in [5.41, 5.74) is -1.79. The van der Waals surface area contributed by atoms with Gasteiger partial charge in [-0.15, -0.1) is 0 Å². The number of hydrogen-bond acceptors (Lipinski definition) is 9. The molecule has 6 rings (SSSR count). The lowest BCUT2D eigenvalue weighted by Crippen LogP contribution is -2.61. The van der Waals surface area contributed by atoms with E-state index in [2.05, 4.69) is 20.3 Å². The average molecular weight is 804 g/mol. The van der Waals surface area contributed by atoms with Crippen LogP contribution in [0.25, 0.3) is 10.9 Å². The van der Waals surface area contributed by atoms with Crippen LogP contribution in [0.3, 0.4) is 0 Å². The van der Waals surface area contributed by atoms with Crippen molar-refractivity contribution in [2.24, 2.45) is 17.8 Å². The predicted octanol–water partition coefficient (Wildman–Crippen LogP) is 5.85. The first kappa shape index (κ1) is 41.6. The van der Waals surface area contributed by atoms with E-state index in [0.29, 0.717) is 24.6 Å². The zero-order valence-corrected chi connectivity index (χ0v) is 32.9. The predicted molar refractivity (Wildman–Crippen MR) is 204 cm³/mol. The Bertz CT molecular complexity index is 1850. The molecule has 2 saturated carbocycles. The molecule has 0 bridgehead atoms. The topological polar surface area (TPSA) is 170 Å². The number of allylic oxidation sites excluding steroid dienone is 1. The molecule has 4 aliphatic rings. The third-order valence-corrected chi connectivity index (χ3v) is 12.6. The van der Waals surface area contributed by atoms with Gasteiger partial charge in [-0.2, -0.15) is 13.2 Å². The van der Waals surface area contributed by atoms with E-state index in [4.69, 9.17) is 4.74 Å². The van der Waals surface area contributed by atoms with Crippen molar-refractivity contribution in [3.8, 4) is 5.75 Å². The number of nitrogens with one attached hydrogen (secondary N) is 3. The molecule has 3 heterocycles. The number of aryl methyl sites for hydroxylation is 1. The Morgan fingerprint density at radius 2 is 1.91 bits per heavy atom. The average Bonchev–Trinajstić information content (AvgIpc) is 4.08. The molecule has 4 amide bonds. The fourth-order valence-electron chi connectivity index (χ4n) is 7.75. The minimum absolute atomic E-state index is 0.0447. The Balaban J connectivity index is 1.32. The van der Waals surface area contributed by atoms with Crippen molar-refractivity contribution in [3.05, 3.63) is 47.2 Å². The highest BCUT2D eigenvalue weighted by atomic mass is 32.2. The molecule has 1 aromatic carbocycles. The monoisotopic (exact) mass is 803 g/mol. The van der Waals surface area contributed by atoms with Gasteiger partial charge in [0.05, 0.1) is 23.5 Å². The molecular weight excluding hydrogens is 752 g/mol. The molecule has 1 saturated heterocycles. The van der Waals surface area contributed by atoms with E-state index >= 15 is 0 Å². The Morgan fingerprint density at radius 3 is 2.61 bits per heavy atom. The van der Waals surface area contributed by atoms with Crippen LogP contribution in [0.15, 0.2) is 30.4 Å². The normalized spacial score (nSPS) is 26.7. The van der Waals surface area contributed by atoms with Crippen LogP contribution in [0.4, 0.5) is 18.0 Å². The molecule has 306 valence electrons. The summed E-state index contributed by atoms with van der Waals surface area (Å²) >= 11 is 1.16. The zero-order chi connectivity index (χ0) is 40.4. The fourth-order valence-corrected chi connectivity index (χ4v) is 8.61. The van der Waals surface area contributed by atoms with Gasteiger partial charge in [-0.1, -0.05) is 50.5 Å². The van der Waals surface area contributed by atoms with Gasteiger partial charge in [0.25, 0.3) is 5.91 Å². The van der Waals surface area contributed by atoms with Gasteiger partial charge in [0, 0.05) is 23.4 Å². The first-order chi connectivity index (χ1) is 26.6. The molecule has 5 N–H and O–H groups in total. The largest absolute Gasteiger partial charge is 0.505 e. The number of aromatic nitrogens is 1. The van der Waals surface area contributed by atoms with E-state index in [1.54, 1.807) is 19.1 Å². The molecule has 3 fully saturated rings. The van der Waals surface area contributed by atoms with Crippen molar-refractivity contribution in [1.82, 2.24) is 25.2 Å². The van der Waals surface area contributed by atoms with E-state index in [-0.39, 0.29) is 61.9 Å². The third kappa shape index (κ3) is 9.38. The third-order valence-electron chi connectivity index (χ3n) is 11.3. The summed E-state index contributed by atoms with van der Waals surface area (Å²) in [5, 5.41) is 26.9. The highest BCUT2D eigenvalue weighted by Gasteiger charge is 2.61. The summed E-state index contributed by atoms with van der Waals surface area (Å²) in [4.78, 5) is 60.9. The number of piperidine rings is 1. The van der Waals surface area contributed by atoms with Gasteiger partial charge >= 0.3 is 12.3 Å². The number of carbonyl (C=O) groups is 4. The zero-order valence-electron chi connectivity index (χ0n) is 32.0. The van der Waals surface area contributed by atoms with Crippen LogP contribution in [-0.4, -0.2) is 86.0 Å². The molecular formula is C40H52F3N5O7S. The number of aliphatic hydroxyl groups is 1. The lowest BCUT2D eigenvalue weighted by atomic mass is 9.85. The second-order valence-electron chi connectivity index (χ2n) is 16.4. The number of fused-ring (bicyclic) bond motifs is 3. The number of nitrogens with zero attached hydrogens (tertiary/aromatic N) is 2. The van der Waals surface area contributed by atoms with Gasteiger partial charge in [0.1, 0.15) is 23.4 Å². The lowest BCUT2D eigenvalue weighted by molar-refractivity contribution is -0.146. The van der Waals surface area contributed by atoms with Crippen molar-refractivity contribution >= 4 is 46.7 Å². The number of halogens is 3. The maximum atomic E-state index is 14.7. The van der Waals surface area contributed by atoms with Crippen molar-refractivity contribution in [2.45, 2.75) is 120 Å². The van der Waals surface area contributed by atoms with Crippen molar-refractivity contribution in [1.29, 1.82) is 0 Å². The molecule has 5 unspecified atom stereocenters. The van der Waals surface area contributed by atoms with Crippen LogP contribution in [0.1, 0.15) is 94.9 Å². The first-order valence-corrected chi connectivity index (χ1v) is 20.4. The van der Waals surface area contributed by atoms with Gasteiger partial charge in [-0.3, -0.25) is 19.1 Å². The minimum Gasteiger partial charge on any atom is -0.505 e. The SMILES string of the molecule is Cc1ccc2nc(C(F)(F)F)c(O)c(CC3CCC4C(=O)NC5(C(=O)NSC6(CO)CC6)CC5C=CCCCCCC(NC(=O)OCC(C)C)C(=O)N4C3)c2c1. The lowest BCUT2D eigenvalue weighted by Gasteiger charge is -2.41. The Labute approximate surface area is 328 Å². The maximum absolute atomic E-state index is 14.7. The number of alkyl halides is 3. The number of rotatable bonds is 9. The Kier molecular flexibility index (Phi) is 12.5. The number of carbonyl (C=O) groups excluding carboxylic acids is 4. The highest BCUT2D eigenvalue weighted by Crippen LogP contribution is 2.50. The number of aliphatic hydroxyl groups excluding tert-OH is 1. The number of pyridine rings is 1. The highest BCUT2D eigenvalue weighted by molar-refractivity contribution is 7.99. The van der Waals surface area contributed by atoms with Gasteiger partial charge in [-0.05, 0) is 101 Å². The van der Waals surface area contributed by atoms with Crippen LogP contribution < -0.4 is 15.4 Å². The van der Waals surface area contributed by atoms with E-state index in [9.17, 15) is 42.6 Å².